The molecule has 16 heavy (non-hydrogen) atoms. The predicted octanol–water partition coefficient (Wildman–Crippen LogP) is 3.46. The summed E-state index contributed by atoms with van der Waals surface area (Å²) >= 11 is 3.18. The molecule has 0 heterocycles. The molecule has 0 saturated heterocycles. The molecule has 0 saturated carbocycles. The molecule has 0 N–H and O–H groups in total. The molecule has 1 aromatic rings. The summed E-state index contributed by atoms with van der Waals surface area (Å²) in [6, 6.07) is 7.08. The van der Waals surface area contributed by atoms with E-state index in [0.717, 1.165) is 5.56 Å². The Balaban J connectivity index is 3.01. The monoisotopic (exact) mass is 282 g/mol. The fraction of sp³-hybridized carbons (Fsp3) is 0.308. The van der Waals surface area contributed by atoms with Gasteiger partial charge in [0.1, 0.15) is 6.61 Å². The van der Waals surface area contributed by atoms with E-state index in [-0.39, 0.29) is 5.43 Å². The van der Waals surface area contributed by atoms with E-state index >= 15 is 0 Å². The van der Waals surface area contributed by atoms with Crippen LogP contribution in [0.2, 0.25) is 0 Å². The van der Waals surface area contributed by atoms with Crippen LogP contribution in [-0.4, -0.2) is 6.61 Å². The minimum Gasteiger partial charge on any atom is -0.484 e. The van der Waals surface area contributed by atoms with Crippen molar-refractivity contribution >= 4 is 15.9 Å². The number of hydrogen-bond acceptors (Lipinski definition) is 2. The SMILES string of the molecule is C=C(Br)COc1cccc(C(C)C)cc1=O. The molecular weight excluding hydrogens is 268 g/mol. The number of rotatable bonds is 4. The average molecular weight is 283 g/mol. The second kappa shape index (κ2) is 5.85. The van der Waals surface area contributed by atoms with Gasteiger partial charge in [-0.3, -0.25) is 4.79 Å². The lowest BCUT2D eigenvalue weighted by Gasteiger charge is -2.01. The van der Waals surface area contributed by atoms with Crippen molar-refractivity contribution in [2.45, 2.75) is 19.8 Å². The van der Waals surface area contributed by atoms with Crippen LogP contribution in [0.5, 0.6) is 5.75 Å². The molecule has 0 amide bonds. The Kier molecular flexibility index (Phi) is 4.74. The fourth-order valence-corrected chi connectivity index (χ4v) is 1.35. The second-order valence-electron chi connectivity index (χ2n) is 3.86. The Labute approximate surface area is 104 Å². The molecule has 3 heteroatoms. The van der Waals surface area contributed by atoms with Crippen molar-refractivity contribution in [2.24, 2.45) is 0 Å². The maximum absolute atomic E-state index is 11.8. The molecule has 0 aliphatic rings. The van der Waals surface area contributed by atoms with Gasteiger partial charge in [0, 0.05) is 4.48 Å². The topological polar surface area (TPSA) is 26.3 Å². The molecule has 0 aromatic heterocycles. The van der Waals surface area contributed by atoms with Crippen molar-refractivity contribution in [1.29, 1.82) is 0 Å². The van der Waals surface area contributed by atoms with Crippen molar-refractivity contribution in [3.63, 3.8) is 0 Å². The Morgan fingerprint density at radius 3 is 2.75 bits per heavy atom. The second-order valence-corrected chi connectivity index (χ2v) is 4.98. The molecule has 0 fully saturated rings. The van der Waals surface area contributed by atoms with Crippen molar-refractivity contribution in [2.75, 3.05) is 6.61 Å². The van der Waals surface area contributed by atoms with Gasteiger partial charge in [0.2, 0.25) is 5.43 Å². The maximum Gasteiger partial charge on any atom is 0.220 e. The van der Waals surface area contributed by atoms with Crippen LogP contribution in [0.3, 0.4) is 0 Å². The summed E-state index contributed by atoms with van der Waals surface area (Å²) in [5.74, 6) is 0.687. The highest BCUT2D eigenvalue weighted by molar-refractivity contribution is 9.11. The van der Waals surface area contributed by atoms with Crippen molar-refractivity contribution in [3.05, 3.63) is 51.1 Å². The normalized spacial score (nSPS) is 10.2. The summed E-state index contributed by atoms with van der Waals surface area (Å²) < 4.78 is 6.04. The van der Waals surface area contributed by atoms with E-state index in [0.29, 0.717) is 22.8 Å². The van der Waals surface area contributed by atoms with Crippen LogP contribution in [0.15, 0.2) is 40.1 Å². The van der Waals surface area contributed by atoms with Crippen LogP contribution < -0.4 is 10.2 Å². The molecule has 0 radical (unpaired) electrons. The van der Waals surface area contributed by atoms with E-state index in [9.17, 15) is 4.79 Å². The van der Waals surface area contributed by atoms with Crippen molar-refractivity contribution in [1.82, 2.24) is 0 Å². The summed E-state index contributed by atoms with van der Waals surface area (Å²) in [6.45, 7) is 8.06. The fourth-order valence-electron chi connectivity index (χ4n) is 1.23. The molecule has 1 aromatic carbocycles. The Morgan fingerprint density at radius 1 is 1.50 bits per heavy atom. The van der Waals surface area contributed by atoms with E-state index in [2.05, 4.69) is 36.4 Å². The van der Waals surface area contributed by atoms with Crippen LogP contribution in [0, 0.1) is 0 Å². The van der Waals surface area contributed by atoms with Crippen LogP contribution in [0.4, 0.5) is 0 Å². The number of hydrogen-bond donors (Lipinski definition) is 0. The number of ether oxygens (including phenoxy) is 1. The molecule has 0 aliphatic carbocycles. The number of halogens is 1. The van der Waals surface area contributed by atoms with Gasteiger partial charge in [-0.25, -0.2) is 0 Å². The zero-order chi connectivity index (χ0) is 12.1. The highest BCUT2D eigenvalue weighted by Gasteiger charge is 2.02. The van der Waals surface area contributed by atoms with Gasteiger partial charge in [-0.05, 0) is 23.6 Å². The third-order valence-electron chi connectivity index (χ3n) is 2.13. The molecule has 1 rings (SSSR count). The smallest absolute Gasteiger partial charge is 0.220 e. The first kappa shape index (κ1) is 13.0. The highest BCUT2D eigenvalue weighted by Crippen LogP contribution is 2.13. The third kappa shape index (κ3) is 3.81. The van der Waals surface area contributed by atoms with Gasteiger partial charge in [0.05, 0.1) is 0 Å². The highest BCUT2D eigenvalue weighted by atomic mass is 79.9. The molecule has 0 unspecified atom stereocenters. The Bertz CT molecular complexity index is 438. The van der Waals surface area contributed by atoms with E-state index < -0.39 is 0 Å². The van der Waals surface area contributed by atoms with Gasteiger partial charge in [-0.1, -0.05) is 48.5 Å². The van der Waals surface area contributed by atoms with E-state index in [1.54, 1.807) is 12.1 Å². The molecule has 0 atom stereocenters. The van der Waals surface area contributed by atoms with Crippen LogP contribution in [0.25, 0.3) is 0 Å². The predicted molar refractivity (Wildman–Crippen MR) is 70.4 cm³/mol. The lowest BCUT2D eigenvalue weighted by Crippen LogP contribution is -2.06. The van der Waals surface area contributed by atoms with Gasteiger partial charge in [0.25, 0.3) is 0 Å². The first-order valence-corrected chi connectivity index (χ1v) is 5.90. The minimum absolute atomic E-state index is 0.0950. The lowest BCUT2D eigenvalue weighted by molar-refractivity contribution is 0.358. The maximum atomic E-state index is 11.8. The standard InChI is InChI=1S/C13H15BrO2/c1-9(2)11-5-4-6-13(12(15)7-11)16-8-10(3)14/h4-7,9H,3,8H2,1-2H3. The first-order valence-electron chi connectivity index (χ1n) is 5.11. The van der Waals surface area contributed by atoms with Gasteiger partial charge in [-0.15, -0.1) is 0 Å². The Morgan fingerprint density at radius 2 is 2.19 bits per heavy atom. The minimum atomic E-state index is -0.0950. The molecule has 0 aliphatic heterocycles. The van der Waals surface area contributed by atoms with Gasteiger partial charge in [-0.2, -0.15) is 0 Å². The van der Waals surface area contributed by atoms with Crippen LogP contribution >= 0.6 is 15.9 Å². The molecule has 0 bridgehead atoms. The van der Waals surface area contributed by atoms with E-state index in [4.69, 9.17) is 4.74 Å². The molecule has 86 valence electrons. The summed E-state index contributed by atoms with van der Waals surface area (Å²) in [5.41, 5.74) is 0.917. The lowest BCUT2D eigenvalue weighted by atomic mass is 10.1. The van der Waals surface area contributed by atoms with Gasteiger partial charge in [0.15, 0.2) is 5.75 Å². The zero-order valence-electron chi connectivity index (χ0n) is 9.50. The molecule has 2 nitrogen and oxygen atoms in total. The van der Waals surface area contributed by atoms with Gasteiger partial charge < -0.3 is 4.74 Å². The molecular formula is C13H15BrO2. The van der Waals surface area contributed by atoms with Crippen LogP contribution in [-0.2, 0) is 0 Å². The van der Waals surface area contributed by atoms with E-state index in [1.165, 1.54) is 0 Å². The van der Waals surface area contributed by atoms with E-state index in [1.807, 2.05) is 12.1 Å². The quantitative estimate of drug-likeness (QED) is 0.846. The van der Waals surface area contributed by atoms with Crippen molar-refractivity contribution in [3.8, 4) is 5.75 Å². The third-order valence-corrected chi connectivity index (χ3v) is 2.36. The zero-order valence-corrected chi connectivity index (χ0v) is 11.1. The summed E-state index contributed by atoms with van der Waals surface area (Å²) in [4.78, 5) is 11.8. The molecule has 0 spiro atoms. The Hall–Kier alpha value is -1.09. The first-order chi connectivity index (χ1) is 7.50. The van der Waals surface area contributed by atoms with Gasteiger partial charge >= 0.3 is 0 Å². The summed E-state index contributed by atoms with van der Waals surface area (Å²) in [7, 11) is 0. The van der Waals surface area contributed by atoms with Crippen molar-refractivity contribution < 1.29 is 4.74 Å². The summed E-state index contributed by atoms with van der Waals surface area (Å²) in [6.07, 6.45) is 0. The largest absolute Gasteiger partial charge is 0.484 e. The van der Waals surface area contributed by atoms with Crippen LogP contribution in [0.1, 0.15) is 25.3 Å². The average Bonchev–Trinajstić information content (AvgIpc) is 2.37. The summed E-state index contributed by atoms with van der Waals surface area (Å²) in [5, 5.41) is 0.